The van der Waals surface area contributed by atoms with Gasteiger partial charge in [-0.15, -0.1) is 0 Å². The maximum Gasteiger partial charge on any atom is 0.233 e. The quantitative estimate of drug-likeness (QED) is 0.665. The van der Waals surface area contributed by atoms with E-state index in [2.05, 4.69) is 21.8 Å². The monoisotopic (exact) mass is 192 g/mol. The minimum atomic E-state index is 0.307. The summed E-state index contributed by atoms with van der Waals surface area (Å²) in [5, 5.41) is 0. The van der Waals surface area contributed by atoms with E-state index in [-0.39, 0.29) is 0 Å². The lowest BCUT2D eigenvalue weighted by atomic mass is 10.5. The Kier molecular flexibility index (Phi) is 4.45. The molecule has 0 aliphatic rings. The summed E-state index contributed by atoms with van der Waals surface area (Å²) in [5.41, 5.74) is 0.864. The summed E-state index contributed by atoms with van der Waals surface area (Å²) >= 11 is 0. The van der Waals surface area contributed by atoms with Crippen LogP contribution in [0.5, 0.6) is 5.88 Å². The van der Waals surface area contributed by atoms with Crippen LogP contribution in [-0.2, 0) is 4.74 Å². The molecule has 14 heavy (non-hydrogen) atoms. The first-order valence-corrected chi connectivity index (χ1v) is 4.19. The molecule has 0 radical (unpaired) electrons. The Morgan fingerprint density at radius 3 is 2.64 bits per heavy atom. The Balaban J connectivity index is 2.32. The maximum atomic E-state index is 5.20. The topological polar surface area (TPSA) is 44.2 Å². The van der Waals surface area contributed by atoms with Crippen molar-refractivity contribution < 1.29 is 9.47 Å². The van der Waals surface area contributed by atoms with Crippen LogP contribution >= 0.6 is 0 Å². The van der Waals surface area contributed by atoms with Gasteiger partial charge in [0, 0.05) is 7.11 Å². The number of methoxy groups -OCH3 is 1. The SMILES string of the molecule is COCC#CCOc1cnc(C)cn1. The van der Waals surface area contributed by atoms with E-state index in [9.17, 15) is 0 Å². The van der Waals surface area contributed by atoms with Gasteiger partial charge in [0.05, 0.1) is 18.1 Å². The Hall–Kier alpha value is -1.60. The van der Waals surface area contributed by atoms with Crippen LogP contribution in [-0.4, -0.2) is 30.3 Å². The fourth-order valence-electron chi connectivity index (χ4n) is 0.740. The fourth-order valence-corrected chi connectivity index (χ4v) is 0.740. The van der Waals surface area contributed by atoms with Crippen LogP contribution in [0.2, 0.25) is 0 Å². The second kappa shape index (κ2) is 5.95. The van der Waals surface area contributed by atoms with Crippen LogP contribution in [0.15, 0.2) is 12.4 Å². The Morgan fingerprint density at radius 2 is 2.00 bits per heavy atom. The molecule has 1 heterocycles. The van der Waals surface area contributed by atoms with E-state index >= 15 is 0 Å². The van der Waals surface area contributed by atoms with Crippen LogP contribution in [0, 0.1) is 18.8 Å². The molecule has 0 N–H and O–H groups in total. The molecule has 0 saturated carbocycles. The minimum Gasteiger partial charge on any atom is -0.463 e. The van der Waals surface area contributed by atoms with Crippen LogP contribution in [0.1, 0.15) is 5.69 Å². The summed E-state index contributed by atoms with van der Waals surface area (Å²) in [6.07, 6.45) is 3.23. The van der Waals surface area contributed by atoms with Crippen molar-refractivity contribution in [3.8, 4) is 17.7 Å². The van der Waals surface area contributed by atoms with E-state index in [4.69, 9.17) is 9.47 Å². The highest BCUT2D eigenvalue weighted by atomic mass is 16.5. The second-order valence-electron chi connectivity index (χ2n) is 2.57. The van der Waals surface area contributed by atoms with Crippen molar-refractivity contribution in [1.29, 1.82) is 0 Å². The first-order chi connectivity index (χ1) is 6.83. The summed E-state index contributed by atoms with van der Waals surface area (Å²) in [6.45, 7) is 2.60. The number of rotatable bonds is 3. The summed E-state index contributed by atoms with van der Waals surface area (Å²) in [6, 6.07) is 0. The summed E-state index contributed by atoms with van der Waals surface area (Å²) < 4.78 is 9.96. The molecule has 1 aromatic rings. The third kappa shape index (κ3) is 3.87. The van der Waals surface area contributed by atoms with E-state index < -0.39 is 0 Å². The third-order valence-electron chi connectivity index (χ3n) is 1.39. The summed E-state index contributed by atoms with van der Waals surface area (Å²) in [7, 11) is 1.60. The van der Waals surface area contributed by atoms with Gasteiger partial charge in [0.1, 0.15) is 6.61 Å². The Bertz CT molecular complexity index is 324. The lowest BCUT2D eigenvalue weighted by molar-refractivity contribution is 0.239. The van der Waals surface area contributed by atoms with Gasteiger partial charge in [-0.05, 0) is 6.92 Å². The van der Waals surface area contributed by atoms with Crippen molar-refractivity contribution in [2.45, 2.75) is 6.92 Å². The fraction of sp³-hybridized carbons (Fsp3) is 0.400. The number of ether oxygens (including phenoxy) is 2. The van der Waals surface area contributed by atoms with Crippen molar-refractivity contribution in [1.82, 2.24) is 9.97 Å². The van der Waals surface area contributed by atoms with E-state index in [1.165, 1.54) is 0 Å². The molecule has 0 amide bonds. The smallest absolute Gasteiger partial charge is 0.233 e. The maximum absolute atomic E-state index is 5.20. The molecule has 4 heteroatoms. The highest BCUT2D eigenvalue weighted by molar-refractivity contribution is 5.08. The molecule has 74 valence electrons. The molecular formula is C10H12N2O2. The number of hydrogen-bond donors (Lipinski definition) is 0. The molecule has 0 aliphatic heterocycles. The minimum absolute atomic E-state index is 0.307. The number of aryl methyl sites for hydroxylation is 1. The number of hydrogen-bond acceptors (Lipinski definition) is 4. The second-order valence-corrected chi connectivity index (χ2v) is 2.57. The molecule has 0 aromatic carbocycles. The summed E-state index contributed by atoms with van der Waals surface area (Å²) in [4.78, 5) is 8.05. The molecule has 0 saturated heterocycles. The van der Waals surface area contributed by atoms with Gasteiger partial charge in [-0.1, -0.05) is 11.8 Å². The third-order valence-corrected chi connectivity index (χ3v) is 1.39. The van der Waals surface area contributed by atoms with E-state index in [0.717, 1.165) is 5.69 Å². The average molecular weight is 192 g/mol. The Labute approximate surface area is 83.3 Å². The van der Waals surface area contributed by atoms with E-state index in [0.29, 0.717) is 19.1 Å². The van der Waals surface area contributed by atoms with Crippen molar-refractivity contribution in [3.63, 3.8) is 0 Å². The zero-order chi connectivity index (χ0) is 10.2. The predicted octanol–water partition coefficient (Wildman–Crippen LogP) is 0.814. The number of aromatic nitrogens is 2. The van der Waals surface area contributed by atoms with Crippen LogP contribution in [0.3, 0.4) is 0 Å². The van der Waals surface area contributed by atoms with Gasteiger partial charge in [-0.3, -0.25) is 4.98 Å². The number of nitrogens with zero attached hydrogens (tertiary/aromatic N) is 2. The Morgan fingerprint density at radius 1 is 1.21 bits per heavy atom. The van der Waals surface area contributed by atoms with Gasteiger partial charge in [-0.25, -0.2) is 4.98 Å². The molecule has 0 unspecified atom stereocenters. The van der Waals surface area contributed by atoms with Gasteiger partial charge in [-0.2, -0.15) is 0 Å². The van der Waals surface area contributed by atoms with Crippen LogP contribution < -0.4 is 4.74 Å². The van der Waals surface area contributed by atoms with Crippen LogP contribution in [0.4, 0.5) is 0 Å². The van der Waals surface area contributed by atoms with Crippen molar-refractivity contribution in [2.75, 3.05) is 20.3 Å². The standard InChI is InChI=1S/C10H12N2O2/c1-9-7-12-10(8-11-9)14-6-4-3-5-13-2/h7-8H,5-6H2,1-2H3. The molecule has 0 atom stereocenters. The normalized spacial score (nSPS) is 9.00. The summed E-state index contributed by atoms with van der Waals surface area (Å²) in [5.74, 6) is 6.04. The molecule has 1 rings (SSSR count). The average Bonchev–Trinajstić information content (AvgIpc) is 2.21. The van der Waals surface area contributed by atoms with Gasteiger partial charge in [0.15, 0.2) is 6.61 Å². The van der Waals surface area contributed by atoms with E-state index in [1.54, 1.807) is 19.5 Å². The lowest BCUT2D eigenvalue weighted by Crippen LogP contribution is -1.97. The lowest BCUT2D eigenvalue weighted by Gasteiger charge is -1.99. The van der Waals surface area contributed by atoms with E-state index in [1.807, 2.05) is 6.92 Å². The zero-order valence-electron chi connectivity index (χ0n) is 8.28. The van der Waals surface area contributed by atoms with Crippen molar-refractivity contribution in [2.24, 2.45) is 0 Å². The molecule has 4 nitrogen and oxygen atoms in total. The largest absolute Gasteiger partial charge is 0.463 e. The zero-order valence-corrected chi connectivity index (χ0v) is 8.28. The van der Waals surface area contributed by atoms with Gasteiger partial charge in [0.2, 0.25) is 5.88 Å². The first-order valence-electron chi connectivity index (χ1n) is 4.19. The molecule has 0 spiro atoms. The molecule has 0 bridgehead atoms. The highest BCUT2D eigenvalue weighted by Gasteiger charge is 1.92. The predicted molar refractivity (Wildman–Crippen MR) is 51.9 cm³/mol. The highest BCUT2D eigenvalue weighted by Crippen LogP contribution is 2.01. The molecule has 0 aliphatic carbocycles. The van der Waals surface area contributed by atoms with Gasteiger partial charge < -0.3 is 9.47 Å². The van der Waals surface area contributed by atoms with Crippen LogP contribution in [0.25, 0.3) is 0 Å². The molecular weight excluding hydrogens is 180 g/mol. The van der Waals surface area contributed by atoms with Gasteiger partial charge >= 0.3 is 0 Å². The van der Waals surface area contributed by atoms with Gasteiger partial charge in [0.25, 0.3) is 0 Å². The van der Waals surface area contributed by atoms with Crippen molar-refractivity contribution >= 4 is 0 Å². The van der Waals surface area contributed by atoms with Crippen molar-refractivity contribution in [3.05, 3.63) is 18.1 Å². The first kappa shape index (κ1) is 10.5. The molecule has 1 aromatic heterocycles. The molecule has 0 fully saturated rings.